The van der Waals surface area contributed by atoms with Crippen molar-refractivity contribution in [1.82, 2.24) is 0 Å². The third-order valence-corrected chi connectivity index (χ3v) is 3.84. The number of benzene rings is 1. The zero-order valence-electron chi connectivity index (χ0n) is 16.9. The minimum absolute atomic E-state index is 0.0260. The van der Waals surface area contributed by atoms with E-state index in [-0.39, 0.29) is 37.4 Å². The van der Waals surface area contributed by atoms with Gasteiger partial charge in [0, 0.05) is 38.8 Å². The molecule has 0 unspecified atom stereocenters. The summed E-state index contributed by atoms with van der Waals surface area (Å²) in [4.78, 5) is 42.9. The fraction of sp³-hybridized carbons (Fsp3) is 0.400. The maximum absolute atomic E-state index is 11.2. The van der Waals surface area contributed by atoms with Crippen LogP contribution in [0.15, 0.2) is 35.7 Å². The normalized spacial score (nSPS) is 11.7. The van der Waals surface area contributed by atoms with E-state index >= 15 is 0 Å². The van der Waals surface area contributed by atoms with E-state index in [0.29, 0.717) is 24.0 Å². The van der Waals surface area contributed by atoms with Crippen LogP contribution in [0.1, 0.15) is 50.7 Å². The molecule has 0 aromatic heterocycles. The molecule has 10 heteroatoms. The molecular weight excluding hydrogens is 396 g/mol. The molecule has 162 valence electrons. The fourth-order valence-corrected chi connectivity index (χ4v) is 2.44. The second kappa shape index (κ2) is 12.8. The van der Waals surface area contributed by atoms with Crippen molar-refractivity contribution in [2.75, 3.05) is 13.2 Å². The highest BCUT2D eigenvalue weighted by molar-refractivity contribution is 5.66. The van der Waals surface area contributed by atoms with Gasteiger partial charge in [0.2, 0.25) is 11.4 Å². The van der Waals surface area contributed by atoms with Crippen LogP contribution in [0, 0.1) is 20.2 Å². The predicted octanol–water partition coefficient (Wildman–Crippen LogP) is 3.61. The van der Waals surface area contributed by atoms with Crippen LogP contribution in [0.4, 0.5) is 0 Å². The summed E-state index contributed by atoms with van der Waals surface area (Å²) in [6.45, 7) is 2.74. The molecule has 0 fully saturated rings. The maximum Gasteiger partial charge on any atom is 0.302 e. The number of hydrogen-bond donors (Lipinski definition) is 0. The van der Waals surface area contributed by atoms with Gasteiger partial charge in [0.25, 0.3) is 0 Å². The highest BCUT2D eigenvalue weighted by Gasteiger charge is 2.13. The van der Waals surface area contributed by atoms with Crippen molar-refractivity contribution in [2.45, 2.75) is 39.5 Å². The van der Waals surface area contributed by atoms with Gasteiger partial charge in [-0.2, -0.15) is 0 Å². The molecule has 0 saturated carbocycles. The summed E-state index contributed by atoms with van der Waals surface area (Å²) in [5, 5.41) is 22.4. The van der Waals surface area contributed by atoms with Crippen LogP contribution >= 0.6 is 0 Å². The molecule has 1 aromatic carbocycles. The SMILES string of the molecule is CC(=O)OCCC/C(=C/c1ccc(/C=C(/CCCOC(C)=O)[N+](=O)[O-])cc1)[N+](=O)[O-]. The first-order chi connectivity index (χ1) is 14.2. The average molecular weight is 420 g/mol. The lowest BCUT2D eigenvalue weighted by Crippen LogP contribution is -2.04. The number of carbonyl (C=O) groups excluding carboxylic acids is 2. The Kier molecular flexibility index (Phi) is 10.5. The number of esters is 2. The van der Waals surface area contributed by atoms with Crippen molar-refractivity contribution in [1.29, 1.82) is 0 Å². The van der Waals surface area contributed by atoms with E-state index in [1.54, 1.807) is 24.3 Å². The quantitative estimate of drug-likeness (QED) is 0.216. The Hall–Kier alpha value is -3.56. The first-order valence-electron chi connectivity index (χ1n) is 9.25. The van der Waals surface area contributed by atoms with Crippen molar-refractivity contribution in [3.05, 3.63) is 67.0 Å². The Labute approximate surface area is 173 Å². The third-order valence-electron chi connectivity index (χ3n) is 3.84. The van der Waals surface area contributed by atoms with Crippen molar-refractivity contribution in [2.24, 2.45) is 0 Å². The van der Waals surface area contributed by atoms with Gasteiger partial charge in [0.05, 0.1) is 23.1 Å². The topological polar surface area (TPSA) is 139 Å². The van der Waals surface area contributed by atoms with Crippen LogP contribution in [-0.2, 0) is 19.1 Å². The highest BCUT2D eigenvalue weighted by atomic mass is 16.6. The molecule has 0 radical (unpaired) electrons. The largest absolute Gasteiger partial charge is 0.466 e. The van der Waals surface area contributed by atoms with E-state index < -0.39 is 21.8 Å². The summed E-state index contributed by atoms with van der Waals surface area (Å²) in [6.07, 6.45) is 3.74. The molecule has 0 aliphatic carbocycles. The van der Waals surface area contributed by atoms with E-state index in [1.165, 1.54) is 26.0 Å². The standard InChI is InChI=1S/C20H24N2O8/c1-15(23)29-11-3-5-19(21(25)26)13-17-7-9-18(10-8-17)14-20(22(27)28)6-4-12-30-16(2)24/h7-10,13-14H,3-6,11-12H2,1-2H3/b19-13-,20-14-. The monoisotopic (exact) mass is 420 g/mol. The zero-order valence-corrected chi connectivity index (χ0v) is 16.9. The van der Waals surface area contributed by atoms with Crippen molar-refractivity contribution < 1.29 is 28.9 Å². The second-order valence-corrected chi connectivity index (χ2v) is 6.34. The van der Waals surface area contributed by atoms with Crippen LogP contribution in [0.25, 0.3) is 12.2 Å². The van der Waals surface area contributed by atoms with E-state index in [0.717, 1.165) is 0 Å². The predicted molar refractivity (Wildman–Crippen MR) is 108 cm³/mol. The lowest BCUT2D eigenvalue weighted by atomic mass is 10.1. The Morgan fingerprint density at radius 1 is 0.800 bits per heavy atom. The summed E-state index contributed by atoms with van der Waals surface area (Å²) < 4.78 is 9.53. The molecule has 0 bridgehead atoms. The van der Waals surface area contributed by atoms with E-state index in [2.05, 4.69) is 0 Å². The summed E-state index contributed by atoms with van der Waals surface area (Å²) in [5.74, 6) is -0.878. The van der Waals surface area contributed by atoms with Gasteiger partial charge in [-0.25, -0.2) is 0 Å². The fourth-order valence-electron chi connectivity index (χ4n) is 2.44. The van der Waals surface area contributed by atoms with Crippen LogP contribution in [0.3, 0.4) is 0 Å². The number of nitro groups is 2. The number of carbonyl (C=O) groups is 2. The van der Waals surface area contributed by atoms with Crippen molar-refractivity contribution in [3.8, 4) is 0 Å². The lowest BCUT2D eigenvalue weighted by Gasteiger charge is -2.03. The Morgan fingerprint density at radius 3 is 1.40 bits per heavy atom. The average Bonchev–Trinajstić information content (AvgIpc) is 2.67. The summed E-state index contributed by atoms with van der Waals surface area (Å²) in [5.41, 5.74) is 1.09. The molecule has 10 nitrogen and oxygen atoms in total. The van der Waals surface area contributed by atoms with Crippen molar-refractivity contribution in [3.63, 3.8) is 0 Å². The van der Waals surface area contributed by atoms with Gasteiger partial charge in [-0.1, -0.05) is 24.3 Å². The minimum atomic E-state index is -0.491. The molecule has 1 rings (SSSR count). The number of nitrogens with zero attached hydrogens (tertiary/aromatic N) is 2. The van der Waals surface area contributed by atoms with E-state index in [1.807, 2.05) is 0 Å². The Morgan fingerprint density at radius 2 is 1.13 bits per heavy atom. The maximum atomic E-state index is 11.2. The number of rotatable bonds is 12. The molecule has 0 aliphatic heterocycles. The molecule has 1 aromatic rings. The van der Waals surface area contributed by atoms with E-state index in [9.17, 15) is 29.8 Å². The van der Waals surface area contributed by atoms with Crippen LogP contribution in [-0.4, -0.2) is 35.0 Å². The molecule has 0 heterocycles. The van der Waals surface area contributed by atoms with Gasteiger partial charge >= 0.3 is 11.9 Å². The Balaban J connectivity index is 2.80. The molecule has 0 saturated heterocycles. The third kappa shape index (κ3) is 10.1. The molecule has 0 atom stereocenters. The second-order valence-electron chi connectivity index (χ2n) is 6.34. The van der Waals surface area contributed by atoms with Crippen LogP contribution in [0.5, 0.6) is 0 Å². The Bertz CT molecular complexity index is 759. The first kappa shape index (κ1) is 24.5. The summed E-state index contributed by atoms with van der Waals surface area (Å²) in [6, 6.07) is 6.49. The lowest BCUT2D eigenvalue weighted by molar-refractivity contribution is -0.426. The molecule has 0 aliphatic rings. The smallest absolute Gasteiger partial charge is 0.302 e. The van der Waals surface area contributed by atoms with Crippen molar-refractivity contribution >= 4 is 24.1 Å². The van der Waals surface area contributed by atoms with Gasteiger partial charge in [-0.15, -0.1) is 0 Å². The molecule has 0 amide bonds. The van der Waals surface area contributed by atoms with Gasteiger partial charge in [-0.3, -0.25) is 29.8 Å². The molecule has 30 heavy (non-hydrogen) atoms. The first-order valence-corrected chi connectivity index (χ1v) is 9.25. The minimum Gasteiger partial charge on any atom is -0.466 e. The van der Waals surface area contributed by atoms with Gasteiger partial charge in [-0.05, 0) is 24.0 Å². The van der Waals surface area contributed by atoms with Gasteiger partial charge < -0.3 is 9.47 Å². The van der Waals surface area contributed by atoms with Gasteiger partial charge in [0.1, 0.15) is 0 Å². The summed E-state index contributed by atoms with van der Waals surface area (Å²) >= 11 is 0. The van der Waals surface area contributed by atoms with Crippen LogP contribution < -0.4 is 0 Å². The van der Waals surface area contributed by atoms with Gasteiger partial charge in [0.15, 0.2) is 0 Å². The molecule has 0 spiro atoms. The number of allylic oxidation sites excluding steroid dienone is 2. The molecular formula is C20H24N2O8. The zero-order chi connectivity index (χ0) is 22.5. The highest BCUT2D eigenvalue weighted by Crippen LogP contribution is 2.17. The number of ether oxygens (including phenoxy) is 2. The van der Waals surface area contributed by atoms with E-state index in [4.69, 9.17) is 9.47 Å². The molecule has 0 N–H and O–H groups in total. The number of hydrogen-bond acceptors (Lipinski definition) is 8. The summed E-state index contributed by atoms with van der Waals surface area (Å²) in [7, 11) is 0. The van der Waals surface area contributed by atoms with Crippen LogP contribution in [0.2, 0.25) is 0 Å².